The maximum atomic E-state index is 13.5. The van der Waals surface area contributed by atoms with E-state index in [-0.39, 0.29) is 5.82 Å². The summed E-state index contributed by atoms with van der Waals surface area (Å²) in [5.41, 5.74) is 1.24. The van der Waals surface area contributed by atoms with Crippen LogP contribution >= 0.6 is 11.6 Å². The standard InChI is InChI=1S/C13H9ClFN3/c14-10-5-6-18-13(8-10)16-12(17-18)7-9-3-1-2-4-11(9)15/h1-6,8H,7H2. The van der Waals surface area contributed by atoms with E-state index >= 15 is 0 Å². The van der Waals surface area contributed by atoms with Gasteiger partial charge in [-0.15, -0.1) is 0 Å². The van der Waals surface area contributed by atoms with Crippen molar-refractivity contribution in [1.29, 1.82) is 0 Å². The molecule has 3 aromatic rings. The number of benzene rings is 1. The number of hydrogen-bond donors (Lipinski definition) is 0. The van der Waals surface area contributed by atoms with Crippen molar-refractivity contribution in [3.8, 4) is 0 Å². The molecule has 3 nitrogen and oxygen atoms in total. The van der Waals surface area contributed by atoms with Crippen molar-refractivity contribution in [2.45, 2.75) is 6.42 Å². The summed E-state index contributed by atoms with van der Waals surface area (Å²) in [5.74, 6) is 0.330. The Morgan fingerprint density at radius 1 is 1.22 bits per heavy atom. The molecule has 0 aliphatic rings. The van der Waals surface area contributed by atoms with Crippen LogP contribution in [0.2, 0.25) is 5.02 Å². The highest BCUT2D eigenvalue weighted by molar-refractivity contribution is 6.30. The van der Waals surface area contributed by atoms with Crippen molar-refractivity contribution >= 4 is 17.2 Å². The summed E-state index contributed by atoms with van der Waals surface area (Å²) in [4.78, 5) is 4.31. The van der Waals surface area contributed by atoms with Crippen molar-refractivity contribution in [1.82, 2.24) is 14.6 Å². The summed E-state index contributed by atoms with van der Waals surface area (Å²) in [7, 11) is 0. The molecule has 0 saturated heterocycles. The second-order valence-corrected chi connectivity index (χ2v) is 4.38. The highest BCUT2D eigenvalue weighted by Crippen LogP contribution is 2.14. The summed E-state index contributed by atoms with van der Waals surface area (Å²) in [6, 6.07) is 10.1. The molecule has 0 atom stereocenters. The minimum atomic E-state index is -0.241. The van der Waals surface area contributed by atoms with Crippen molar-refractivity contribution < 1.29 is 4.39 Å². The van der Waals surface area contributed by atoms with Gasteiger partial charge in [-0.2, -0.15) is 5.10 Å². The van der Waals surface area contributed by atoms with E-state index in [2.05, 4.69) is 10.1 Å². The lowest BCUT2D eigenvalue weighted by atomic mass is 10.1. The van der Waals surface area contributed by atoms with Crippen LogP contribution < -0.4 is 0 Å². The Labute approximate surface area is 108 Å². The van der Waals surface area contributed by atoms with Gasteiger partial charge in [0.15, 0.2) is 11.5 Å². The molecule has 0 amide bonds. The summed E-state index contributed by atoms with van der Waals surface area (Å²) in [6.07, 6.45) is 2.10. The smallest absolute Gasteiger partial charge is 0.157 e. The number of halogens is 2. The lowest BCUT2D eigenvalue weighted by molar-refractivity contribution is 0.612. The van der Waals surface area contributed by atoms with E-state index in [0.29, 0.717) is 28.5 Å². The molecule has 3 rings (SSSR count). The van der Waals surface area contributed by atoms with Crippen LogP contribution in [-0.4, -0.2) is 14.6 Å². The summed E-state index contributed by atoms with van der Waals surface area (Å²) >= 11 is 5.87. The molecule has 0 unspecified atom stereocenters. The van der Waals surface area contributed by atoms with Gasteiger partial charge in [-0.05, 0) is 17.7 Å². The molecule has 0 saturated carbocycles. The Bertz CT molecular complexity index is 708. The minimum absolute atomic E-state index is 0.241. The maximum Gasteiger partial charge on any atom is 0.157 e. The second-order valence-electron chi connectivity index (χ2n) is 3.94. The summed E-state index contributed by atoms with van der Waals surface area (Å²) in [5, 5.41) is 4.87. The first-order valence-corrected chi connectivity index (χ1v) is 5.84. The van der Waals surface area contributed by atoms with Gasteiger partial charge in [0, 0.05) is 23.7 Å². The largest absolute Gasteiger partial charge is 0.221 e. The predicted molar refractivity (Wildman–Crippen MR) is 67.2 cm³/mol. The molecular weight excluding hydrogens is 253 g/mol. The Kier molecular flexibility index (Phi) is 2.72. The molecule has 2 aromatic heterocycles. The van der Waals surface area contributed by atoms with Crippen LogP contribution in [0.15, 0.2) is 42.6 Å². The minimum Gasteiger partial charge on any atom is -0.221 e. The second kappa shape index (κ2) is 4.38. The monoisotopic (exact) mass is 261 g/mol. The molecule has 0 spiro atoms. The molecule has 0 radical (unpaired) electrons. The van der Waals surface area contributed by atoms with Crippen LogP contribution in [-0.2, 0) is 6.42 Å². The fourth-order valence-electron chi connectivity index (χ4n) is 1.79. The first-order valence-electron chi connectivity index (χ1n) is 5.46. The zero-order valence-electron chi connectivity index (χ0n) is 9.35. The zero-order valence-corrected chi connectivity index (χ0v) is 10.1. The number of rotatable bonds is 2. The van der Waals surface area contributed by atoms with E-state index in [1.165, 1.54) is 6.07 Å². The van der Waals surface area contributed by atoms with Crippen molar-refractivity contribution in [2.75, 3.05) is 0 Å². The van der Waals surface area contributed by atoms with Crippen LogP contribution in [0.5, 0.6) is 0 Å². The normalized spacial score (nSPS) is 11.0. The Morgan fingerprint density at radius 3 is 2.89 bits per heavy atom. The molecule has 18 heavy (non-hydrogen) atoms. The van der Waals surface area contributed by atoms with E-state index in [9.17, 15) is 4.39 Å². The van der Waals surface area contributed by atoms with Crippen LogP contribution in [0.25, 0.3) is 5.65 Å². The van der Waals surface area contributed by atoms with Gasteiger partial charge in [-0.25, -0.2) is 13.9 Å². The Hall–Kier alpha value is -1.94. The van der Waals surface area contributed by atoms with Crippen LogP contribution in [0, 0.1) is 5.82 Å². The molecule has 0 bridgehead atoms. The van der Waals surface area contributed by atoms with Crippen molar-refractivity contribution in [3.63, 3.8) is 0 Å². The molecule has 2 heterocycles. The molecular formula is C13H9ClFN3. The molecule has 0 fully saturated rings. The number of fused-ring (bicyclic) bond motifs is 1. The third-order valence-corrected chi connectivity index (χ3v) is 2.88. The zero-order chi connectivity index (χ0) is 12.5. The van der Waals surface area contributed by atoms with Gasteiger partial charge in [0.05, 0.1) is 0 Å². The fourth-order valence-corrected chi connectivity index (χ4v) is 1.94. The van der Waals surface area contributed by atoms with E-state index in [4.69, 9.17) is 11.6 Å². The Balaban J connectivity index is 1.98. The summed E-state index contributed by atoms with van der Waals surface area (Å²) < 4.78 is 15.1. The van der Waals surface area contributed by atoms with Gasteiger partial charge in [0.2, 0.25) is 0 Å². The highest BCUT2D eigenvalue weighted by Gasteiger charge is 2.07. The van der Waals surface area contributed by atoms with Crippen LogP contribution in [0.4, 0.5) is 4.39 Å². The van der Waals surface area contributed by atoms with Crippen LogP contribution in [0.1, 0.15) is 11.4 Å². The molecule has 0 aliphatic carbocycles. The fraction of sp³-hybridized carbons (Fsp3) is 0.0769. The first-order chi connectivity index (χ1) is 8.72. The van der Waals surface area contributed by atoms with E-state index in [0.717, 1.165) is 0 Å². The molecule has 0 N–H and O–H groups in total. The third kappa shape index (κ3) is 2.07. The van der Waals surface area contributed by atoms with Gasteiger partial charge in [-0.1, -0.05) is 29.8 Å². The number of nitrogens with zero attached hydrogens (tertiary/aromatic N) is 3. The number of hydrogen-bond acceptors (Lipinski definition) is 2. The Morgan fingerprint density at radius 2 is 2.06 bits per heavy atom. The van der Waals surface area contributed by atoms with Crippen molar-refractivity contribution in [3.05, 3.63) is 64.8 Å². The van der Waals surface area contributed by atoms with Gasteiger partial charge in [0.1, 0.15) is 5.82 Å². The lowest BCUT2D eigenvalue weighted by Gasteiger charge is -1.97. The predicted octanol–water partition coefficient (Wildman–Crippen LogP) is 3.11. The van der Waals surface area contributed by atoms with Gasteiger partial charge in [0.25, 0.3) is 0 Å². The lowest BCUT2D eigenvalue weighted by Crippen LogP contribution is -1.94. The highest BCUT2D eigenvalue weighted by atomic mass is 35.5. The third-order valence-electron chi connectivity index (χ3n) is 2.65. The van der Waals surface area contributed by atoms with E-state index in [1.54, 1.807) is 41.0 Å². The molecule has 5 heteroatoms. The van der Waals surface area contributed by atoms with Gasteiger partial charge < -0.3 is 0 Å². The topological polar surface area (TPSA) is 30.2 Å². The van der Waals surface area contributed by atoms with Gasteiger partial charge >= 0.3 is 0 Å². The number of pyridine rings is 1. The van der Waals surface area contributed by atoms with Crippen LogP contribution in [0.3, 0.4) is 0 Å². The maximum absolute atomic E-state index is 13.5. The molecule has 0 aliphatic heterocycles. The first kappa shape index (κ1) is 11.2. The van der Waals surface area contributed by atoms with E-state index < -0.39 is 0 Å². The molecule has 90 valence electrons. The average molecular weight is 262 g/mol. The SMILES string of the molecule is Fc1ccccc1Cc1nc2cc(Cl)ccn2n1. The van der Waals surface area contributed by atoms with Gasteiger partial charge in [-0.3, -0.25) is 0 Å². The number of aromatic nitrogens is 3. The average Bonchev–Trinajstić information content (AvgIpc) is 2.73. The quantitative estimate of drug-likeness (QED) is 0.710. The van der Waals surface area contributed by atoms with E-state index in [1.807, 2.05) is 0 Å². The van der Waals surface area contributed by atoms with Crippen molar-refractivity contribution in [2.24, 2.45) is 0 Å². The summed E-state index contributed by atoms with van der Waals surface area (Å²) in [6.45, 7) is 0. The molecule has 1 aromatic carbocycles.